The fourth-order valence-corrected chi connectivity index (χ4v) is 3.30. The van der Waals surface area contributed by atoms with Crippen LogP contribution in [0.3, 0.4) is 0 Å². The summed E-state index contributed by atoms with van der Waals surface area (Å²) in [6.07, 6.45) is -0.0952. The van der Waals surface area contributed by atoms with Crippen LogP contribution in [-0.4, -0.2) is 36.7 Å². The van der Waals surface area contributed by atoms with Gasteiger partial charge in [-0.05, 0) is 42.5 Å². The molecule has 2 amide bonds. The molecule has 8 heteroatoms. The molecule has 2 rings (SSSR count). The summed E-state index contributed by atoms with van der Waals surface area (Å²) in [5, 5.41) is 5.93. The van der Waals surface area contributed by atoms with Crippen LogP contribution in [-0.2, 0) is 32.1 Å². The number of ether oxygens (including phenoxy) is 2. The Labute approximate surface area is 199 Å². The number of halogens is 1. The molecule has 0 bridgehead atoms. The third-order valence-electron chi connectivity index (χ3n) is 4.77. The highest BCUT2D eigenvalue weighted by molar-refractivity contribution is 6.30. The molecule has 0 aromatic heterocycles. The first-order chi connectivity index (χ1) is 15.8. The van der Waals surface area contributed by atoms with Gasteiger partial charge in [-0.3, -0.25) is 4.79 Å². The van der Waals surface area contributed by atoms with Gasteiger partial charge in [0, 0.05) is 11.4 Å². The average Bonchev–Trinajstić information content (AvgIpc) is 2.78. The van der Waals surface area contributed by atoms with E-state index in [9.17, 15) is 14.4 Å². The number of benzene rings is 2. The van der Waals surface area contributed by atoms with Crippen molar-refractivity contribution in [1.82, 2.24) is 10.6 Å². The summed E-state index contributed by atoms with van der Waals surface area (Å²) in [7, 11) is 0. The Morgan fingerprint density at radius 3 is 2.15 bits per heavy atom. The highest BCUT2D eigenvalue weighted by Gasteiger charge is 2.28. The van der Waals surface area contributed by atoms with Crippen LogP contribution in [0.25, 0.3) is 0 Å². The van der Waals surface area contributed by atoms with E-state index >= 15 is 0 Å². The SMILES string of the molecule is CCOC(=O)[C@H](Cc1ccc(Cl)cc1)NC(=O)[C@H](CC(C)C)NC(=O)OCc1ccccc1. The minimum atomic E-state index is -0.907. The molecule has 0 aliphatic carbocycles. The van der Waals surface area contributed by atoms with Gasteiger partial charge in [0.25, 0.3) is 0 Å². The molecule has 0 aliphatic heterocycles. The second-order valence-electron chi connectivity index (χ2n) is 8.03. The fourth-order valence-electron chi connectivity index (χ4n) is 3.17. The van der Waals surface area contributed by atoms with E-state index in [1.807, 2.05) is 44.2 Å². The highest BCUT2D eigenvalue weighted by Crippen LogP contribution is 2.13. The first kappa shape index (κ1) is 26.2. The summed E-state index contributed by atoms with van der Waals surface area (Å²) in [6, 6.07) is 14.5. The van der Waals surface area contributed by atoms with Crippen LogP contribution in [0, 0.1) is 5.92 Å². The van der Waals surface area contributed by atoms with Crippen molar-refractivity contribution < 1.29 is 23.9 Å². The van der Waals surface area contributed by atoms with Gasteiger partial charge in [0.05, 0.1) is 6.61 Å². The highest BCUT2D eigenvalue weighted by atomic mass is 35.5. The maximum atomic E-state index is 13.0. The molecule has 0 heterocycles. The Morgan fingerprint density at radius 1 is 0.879 bits per heavy atom. The smallest absolute Gasteiger partial charge is 0.408 e. The molecular formula is C25H31ClN2O5. The van der Waals surface area contributed by atoms with Crippen molar-refractivity contribution in [3.8, 4) is 0 Å². The van der Waals surface area contributed by atoms with E-state index in [1.165, 1.54) is 0 Å². The van der Waals surface area contributed by atoms with E-state index in [0.29, 0.717) is 11.4 Å². The Bertz CT molecular complexity index is 903. The van der Waals surface area contributed by atoms with Crippen LogP contribution in [0.4, 0.5) is 4.79 Å². The standard InChI is InChI=1S/C25H31ClN2O5/c1-4-32-24(30)22(15-18-10-12-20(26)13-11-18)27-23(29)21(14-17(2)3)28-25(31)33-16-19-8-6-5-7-9-19/h5-13,17,21-22H,4,14-16H2,1-3H3,(H,27,29)(H,28,31)/t21-,22-/m0/s1. The second-order valence-corrected chi connectivity index (χ2v) is 8.47. The number of hydrogen-bond donors (Lipinski definition) is 2. The van der Waals surface area contributed by atoms with E-state index < -0.39 is 30.1 Å². The second kappa shape index (κ2) is 13.5. The van der Waals surface area contributed by atoms with Gasteiger partial charge in [-0.15, -0.1) is 0 Å². The van der Waals surface area contributed by atoms with E-state index in [4.69, 9.17) is 21.1 Å². The summed E-state index contributed by atoms with van der Waals surface area (Å²) in [5.41, 5.74) is 1.65. The Kier molecular flexibility index (Phi) is 10.7. The maximum Gasteiger partial charge on any atom is 0.408 e. The molecule has 0 spiro atoms. The lowest BCUT2D eigenvalue weighted by Crippen LogP contribution is -2.53. The zero-order chi connectivity index (χ0) is 24.2. The van der Waals surface area contributed by atoms with Crippen molar-refractivity contribution >= 4 is 29.6 Å². The molecule has 2 aromatic carbocycles. The van der Waals surface area contributed by atoms with Gasteiger partial charge in [0.15, 0.2) is 0 Å². The van der Waals surface area contributed by atoms with E-state index in [2.05, 4.69) is 10.6 Å². The zero-order valence-corrected chi connectivity index (χ0v) is 19.9. The predicted octanol–water partition coefficient (Wildman–Crippen LogP) is 4.27. The fraction of sp³-hybridized carbons (Fsp3) is 0.400. The minimum Gasteiger partial charge on any atom is -0.464 e. The molecular weight excluding hydrogens is 444 g/mol. The first-order valence-electron chi connectivity index (χ1n) is 11.0. The van der Waals surface area contributed by atoms with Crippen LogP contribution in [0.2, 0.25) is 5.02 Å². The number of rotatable bonds is 11. The molecule has 2 atom stereocenters. The van der Waals surface area contributed by atoms with E-state index in [0.717, 1.165) is 11.1 Å². The van der Waals surface area contributed by atoms with Crippen LogP contribution >= 0.6 is 11.6 Å². The number of nitrogens with one attached hydrogen (secondary N) is 2. The molecule has 178 valence electrons. The molecule has 33 heavy (non-hydrogen) atoms. The normalized spacial score (nSPS) is 12.5. The molecule has 0 saturated carbocycles. The maximum absolute atomic E-state index is 13.0. The Balaban J connectivity index is 2.05. The molecule has 0 unspecified atom stereocenters. The van der Waals surface area contributed by atoms with Crippen molar-refractivity contribution in [1.29, 1.82) is 0 Å². The van der Waals surface area contributed by atoms with Crippen molar-refractivity contribution in [2.24, 2.45) is 5.92 Å². The number of carbonyl (C=O) groups is 3. The lowest BCUT2D eigenvalue weighted by Gasteiger charge is -2.23. The topological polar surface area (TPSA) is 93.7 Å². The summed E-state index contributed by atoms with van der Waals surface area (Å²) in [6.45, 7) is 5.85. The van der Waals surface area contributed by atoms with Crippen molar-refractivity contribution in [2.45, 2.75) is 52.3 Å². The van der Waals surface area contributed by atoms with Gasteiger partial charge in [-0.2, -0.15) is 0 Å². The molecule has 2 N–H and O–H groups in total. The van der Waals surface area contributed by atoms with Gasteiger partial charge >= 0.3 is 12.1 Å². The van der Waals surface area contributed by atoms with E-state index in [1.54, 1.807) is 31.2 Å². The van der Waals surface area contributed by atoms with Crippen molar-refractivity contribution in [2.75, 3.05) is 6.61 Å². The predicted molar refractivity (Wildman–Crippen MR) is 127 cm³/mol. The van der Waals surface area contributed by atoms with Crippen molar-refractivity contribution in [3.05, 3.63) is 70.7 Å². The lowest BCUT2D eigenvalue weighted by molar-refractivity contribution is -0.147. The summed E-state index contributed by atoms with van der Waals surface area (Å²) < 4.78 is 10.4. The number of esters is 1. The molecule has 0 aliphatic rings. The van der Waals surface area contributed by atoms with Gasteiger partial charge in [0.1, 0.15) is 18.7 Å². The monoisotopic (exact) mass is 474 g/mol. The molecule has 0 fully saturated rings. The van der Waals surface area contributed by atoms with Crippen LogP contribution in [0.1, 0.15) is 38.3 Å². The number of amides is 2. The largest absolute Gasteiger partial charge is 0.464 e. The molecule has 7 nitrogen and oxygen atoms in total. The van der Waals surface area contributed by atoms with Crippen molar-refractivity contribution in [3.63, 3.8) is 0 Å². The quantitative estimate of drug-likeness (QED) is 0.474. The van der Waals surface area contributed by atoms with Gasteiger partial charge in [-0.25, -0.2) is 9.59 Å². The Hall–Kier alpha value is -3.06. The Morgan fingerprint density at radius 2 is 1.55 bits per heavy atom. The number of hydrogen-bond acceptors (Lipinski definition) is 5. The van der Waals surface area contributed by atoms with Crippen LogP contribution in [0.5, 0.6) is 0 Å². The summed E-state index contributed by atoms with van der Waals surface area (Å²) in [4.78, 5) is 37.9. The molecule has 0 saturated heterocycles. The average molecular weight is 475 g/mol. The summed E-state index contributed by atoms with van der Waals surface area (Å²) in [5.74, 6) is -0.907. The number of alkyl carbamates (subject to hydrolysis) is 1. The summed E-state index contributed by atoms with van der Waals surface area (Å²) >= 11 is 5.93. The molecule has 2 aromatic rings. The third kappa shape index (κ3) is 9.53. The number of carbonyl (C=O) groups excluding carboxylic acids is 3. The zero-order valence-electron chi connectivity index (χ0n) is 19.2. The van der Waals surface area contributed by atoms with E-state index in [-0.39, 0.29) is 25.6 Å². The molecule has 0 radical (unpaired) electrons. The van der Waals surface area contributed by atoms with Gasteiger partial charge in [-0.1, -0.05) is 67.9 Å². The third-order valence-corrected chi connectivity index (χ3v) is 5.02. The minimum absolute atomic E-state index is 0.0880. The van der Waals surface area contributed by atoms with Gasteiger partial charge in [0.2, 0.25) is 5.91 Å². The van der Waals surface area contributed by atoms with Crippen LogP contribution < -0.4 is 10.6 Å². The van der Waals surface area contributed by atoms with Gasteiger partial charge < -0.3 is 20.1 Å². The van der Waals surface area contributed by atoms with Crippen LogP contribution in [0.15, 0.2) is 54.6 Å². The lowest BCUT2D eigenvalue weighted by atomic mass is 10.0. The first-order valence-corrected chi connectivity index (χ1v) is 11.3.